The van der Waals surface area contributed by atoms with Gasteiger partial charge in [0.25, 0.3) is 5.91 Å². The summed E-state index contributed by atoms with van der Waals surface area (Å²) in [5, 5.41) is 2.70. The van der Waals surface area contributed by atoms with Crippen LogP contribution in [-0.4, -0.2) is 60.2 Å². The lowest BCUT2D eigenvalue weighted by molar-refractivity contribution is -0.124. The molecular weight excluding hydrogens is 520 g/mol. The Morgan fingerprint density at radius 2 is 1.93 bits per heavy atom. The number of amides is 2. The molecule has 9 heteroatoms. The van der Waals surface area contributed by atoms with Crippen molar-refractivity contribution in [3.63, 3.8) is 0 Å². The summed E-state index contributed by atoms with van der Waals surface area (Å²) >= 11 is 0. The van der Waals surface area contributed by atoms with Gasteiger partial charge in [0.2, 0.25) is 5.91 Å². The maximum atomic E-state index is 13.1. The Morgan fingerprint density at radius 1 is 1.02 bits per heavy atom. The lowest BCUT2D eigenvalue weighted by Crippen LogP contribution is -2.42. The molecular formula is C32H36N4O5. The van der Waals surface area contributed by atoms with E-state index < -0.39 is 0 Å². The van der Waals surface area contributed by atoms with Gasteiger partial charge in [0.05, 0.1) is 12.6 Å². The molecule has 2 amide bonds. The second-order valence-electron chi connectivity index (χ2n) is 11.0. The molecule has 2 atom stereocenters. The molecule has 3 aliphatic rings. The fourth-order valence-electron chi connectivity index (χ4n) is 5.82. The molecule has 0 aromatic heterocycles. The van der Waals surface area contributed by atoms with E-state index in [-0.39, 0.29) is 30.7 Å². The number of carbonyl (C=O) groups excluding carboxylic acids is 2. The first-order valence-corrected chi connectivity index (χ1v) is 14.2. The minimum absolute atomic E-state index is 0.00945. The topological polar surface area (TPSA) is 106 Å². The highest BCUT2D eigenvalue weighted by atomic mass is 16.5. The normalized spacial score (nSPS) is 21.2. The zero-order valence-electron chi connectivity index (χ0n) is 23.1. The lowest BCUT2D eigenvalue weighted by Gasteiger charge is -2.29. The van der Waals surface area contributed by atoms with E-state index in [0.717, 1.165) is 59.9 Å². The molecule has 9 nitrogen and oxygen atoms in total. The zero-order chi connectivity index (χ0) is 28.2. The smallest absolute Gasteiger partial charge is 0.254 e. The molecule has 1 unspecified atom stereocenters. The van der Waals surface area contributed by atoms with Gasteiger partial charge in [-0.25, -0.2) is 0 Å². The molecule has 214 valence electrons. The standard InChI is InChI=1S/C32H36N4O5/c33-25-6-3-4-22(14-25)19-40-30-7-2-1-5-23(30)16-35-13-12-28(18-35)41-27-9-10-29-24(15-27)17-36(32(29)38)26-8-11-31(37)34-21-39-20-26/h1-7,9-10,14-15,26,28H,8,11-13,16-21,33H2,(H,34,37)/t26?,28-/m0/s1. The first kappa shape index (κ1) is 27.1. The number of para-hydroxylation sites is 1. The van der Waals surface area contributed by atoms with Crippen LogP contribution < -0.4 is 20.5 Å². The van der Waals surface area contributed by atoms with Crippen molar-refractivity contribution in [3.05, 3.63) is 89.0 Å². The number of rotatable bonds is 8. The van der Waals surface area contributed by atoms with Gasteiger partial charge in [0, 0.05) is 49.4 Å². The molecule has 3 aromatic carbocycles. The van der Waals surface area contributed by atoms with Crippen LogP contribution in [0.3, 0.4) is 0 Å². The SMILES string of the molecule is Nc1cccc(COc2ccccc2CN2CC[C@H](Oc3ccc4c(c3)CN(C3CCC(=O)NCOC3)C4=O)C2)c1. The Hall–Kier alpha value is -4.08. The Balaban J connectivity index is 1.04. The van der Waals surface area contributed by atoms with E-state index in [2.05, 4.69) is 16.3 Å². The van der Waals surface area contributed by atoms with Crippen molar-refractivity contribution >= 4 is 17.5 Å². The summed E-state index contributed by atoms with van der Waals surface area (Å²) in [5.41, 5.74) is 10.5. The molecule has 2 fully saturated rings. The van der Waals surface area contributed by atoms with E-state index >= 15 is 0 Å². The largest absolute Gasteiger partial charge is 0.489 e. The van der Waals surface area contributed by atoms with Gasteiger partial charge in [0.1, 0.15) is 30.9 Å². The van der Waals surface area contributed by atoms with E-state index in [9.17, 15) is 9.59 Å². The van der Waals surface area contributed by atoms with E-state index in [1.54, 1.807) is 0 Å². The van der Waals surface area contributed by atoms with Crippen molar-refractivity contribution in [1.29, 1.82) is 0 Å². The van der Waals surface area contributed by atoms with Gasteiger partial charge in [0.15, 0.2) is 0 Å². The number of carbonyl (C=O) groups is 2. The number of benzene rings is 3. The number of hydrogen-bond acceptors (Lipinski definition) is 7. The van der Waals surface area contributed by atoms with E-state index in [0.29, 0.717) is 38.2 Å². The quantitative estimate of drug-likeness (QED) is 0.408. The third-order valence-electron chi connectivity index (χ3n) is 7.98. The number of likely N-dealkylation sites (tertiary alicyclic amines) is 1. The van der Waals surface area contributed by atoms with Gasteiger partial charge in [-0.2, -0.15) is 0 Å². The number of hydrogen-bond donors (Lipinski definition) is 2. The third-order valence-corrected chi connectivity index (χ3v) is 7.98. The number of ether oxygens (including phenoxy) is 3. The monoisotopic (exact) mass is 556 g/mol. The molecule has 6 rings (SSSR count). The maximum Gasteiger partial charge on any atom is 0.254 e. The molecule has 0 aliphatic carbocycles. The summed E-state index contributed by atoms with van der Waals surface area (Å²) in [6.07, 6.45) is 1.97. The molecule has 2 saturated heterocycles. The van der Waals surface area contributed by atoms with E-state index in [1.165, 1.54) is 0 Å². The van der Waals surface area contributed by atoms with Crippen LogP contribution in [0.4, 0.5) is 5.69 Å². The third kappa shape index (κ3) is 6.47. The fraction of sp³-hybridized carbons (Fsp3) is 0.375. The van der Waals surface area contributed by atoms with Gasteiger partial charge in [-0.1, -0.05) is 30.3 Å². The molecule has 3 N–H and O–H groups in total. The summed E-state index contributed by atoms with van der Waals surface area (Å²) in [5.74, 6) is 1.60. The van der Waals surface area contributed by atoms with Crippen molar-refractivity contribution in [1.82, 2.24) is 15.1 Å². The van der Waals surface area contributed by atoms with Crippen molar-refractivity contribution in [2.24, 2.45) is 0 Å². The van der Waals surface area contributed by atoms with Crippen LogP contribution in [0.15, 0.2) is 66.7 Å². The number of anilines is 1. The molecule has 3 heterocycles. The molecule has 3 aliphatic heterocycles. The van der Waals surface area contributed by atoms with Gasteiger partial charge < -0.3 is 30.2 Å². The van der Waals surface area contributed by atoms with Crippen LogP contribution in [0.2, 0.25) is 0 Å². The number of nitrogens with one attached hydrogen (secondary N) is 1. The molecule has 0 radical (unpaired) electrons. The van der Waals surface area contributed by atoms with Crippen LogP contribution in [0.25, 0.3) is 0 Å². The minimum atomic E-state index is -0.119. The Bertz CT molecular complexity index is 1410. The Kier molecular flexibility index (Phi) is 8.07. The number of fused-ring (bicyclic) bond motifs is 1. The summed E-state index contributed by atoms with van der Waals surface area (Å²) in [4.78, 5) is 29.2. The number of nitrogen functional groups attached to an aromatic ring is 1. The predicted octanol–water partition coefficient (Wildman–Crippen LogP) is 3.71. The van der Waals surface area contributed by atoms with Gasteiger partial charge >= 0.3 is 0 Å². The predicted molar refractivity (Wildman–Crippen MR) is 154 cm³/mol. The second kappa shape index (κ2) is 12.2. The van der Waals surface area contributed by atoms with E-state index in [4.69, 9.17) is 19.9 Å². The van der Waals surface area contributed by atoms with Gasteiger partial charge in [-0.15, -0.1) is 0 Å². The molecule has 3 aromatic rings. The fourth-order valence-corrected chi connectivity index (χ4v) is 5.82. The Labute approximate surface area is 240 Å². The number of nitrogens with zero attached hydrogens (tertiary/aromatic N) is 2. The molecule has 0 spiro atoms. The highest BCUT2D eigenvalue weighted by Crippen LogP contribution is 2.31. The highest BCUT2D eigenvalue weighted by Gasteiger charge is 2.34. The minimum Gasteiger partial charge on any atom is -0.489 e. The molecule has 0 saturated carbocycles. The summed E-state index contributed by atoms with van der Waals surface area (Å²) in [6, 6.07) is 21.6. The molecule has 41 heavy (non-hydrogen) atoms. The van der Waals surface area contributed by atoms with Crippen LogP contribution >= 0.6 is 0 Å². The first-order valence-electron chi connectivity index (χ1n) is 14.2. The lowest BCUT2D eigenvalue weighted by atomic mass is 10.1. The first-order chi connectivity index (χ1) is 20.0. The van der Waals surface area contributed by atoms with Gasteiger partial charge in [-0.05, 0) is 60.4 Å². The summed E-state index contributed by atoms with van der Waals surface area (Å²) in [6.45, 7) is 4.09. The van der Waals surface area contributed by atoms with Crippen LogP contribution in [0.1, 0.15) is 46.3 Å². The van der Waals surface area contributed by atoms with Crippen LogP contribution in [-0.2, 0) is 29.2 Å². The van der Waals surface area contributed by atoms with Crippen molar-refractivity contribution in [2.45, 2.75) is 51.1 Å². The van der Waals surface area contributed by atoms with Crippen molar-refractivity contribution in [2.75, 3.05) is 32.2 Å². The second-order valence-corrected chi connectivity index (χ2v) is 11.0. The van der Waals surface area contributed by atoms with Crippen LogP contribution in [0.5, 0.6) is 11.5 Å². The average molecular weight is 557 g/mol. The highest BCUT2D eigenvalue weighted by molar-refractivity contribution is 5.98. The maximum absolute atomic E-state index is 13.1. The molecule has 0 bridgehead atoms. The summed E-state index contributed by atoms with van der Waals surface area (Å²) in [7, 11) is 0. The zero-order valence-corrected chi connectivity index (χ0v) is 23.1. The summed E-state index contributed by atoms with van der Waals surface area (Å²) < 4.78 is 18.1. The average Bonchev–Trinajstić information content (AvgIpc) is 3.54. The van der Waals surface area contributed by atoms with Crippen molar-refractivity contribution < 1.29 is 23.8 Å². The van der Waals surface area contributed by atoms with Crippen LogP contribution in [0, 0.1) is 0 Å². The van der Waals surface area contributed by atoms with Crippen molar-refractivity contribution in [3.8, 4) is 11.5 Å². The number of nitrogens with two attached hydrogens (primary N) is 1. The van der Waals surface area contributed by atoms with Gasteiger partial charge in [-0.3, -0.25) is 14.5 Å². The Morgan fingerprint density at radius 3 is 2.83 bits per heavy atom. The van der Waals surface area contributed by atoms with E-state index in [1.807, 2.05) is 65.6 Å².